The molecule has 0 spiro atoms. The number of carboxylic acids is 2. The first kappa shape index (κ1) is 22.5. The summed E-state index contributed by atoms with van der Waals surface area (Å²) in [4.78, 5) is 39.7. The highest BCUT2D eigenvalue weighted by Gasteiger charge is 2.19. The predicted octanol–water partition coefficient (Wildman–Crippen LogP) is -0.683. The van der Waals surface area contributed by atoms with Crippen molar-refractivity contribution in [3.05, 3.63) is 0 Å². The highest BCUT2D eigenvalue weighted by atomic mass is 16.5. The van der Waals surface area contributed by atoms with Gasteiger partial charge in [0, 0.05) is 45.2 Å². The maximum atomic E-state index is 12.0. The molecule has 0 aromatic carbocycles. The van der Waals surface area contributed by atoms with E-state index in [1.54, 1.807) is 9.80 Å². The number of carboxylic acid groups (broad SMARTS) is 2. The fourth-order valence-corrected chi connectivity index (χ4v) is 2.65. The van der Waals surface area contributed by atoms with Crippen molar-refractivity contribution in [1.82, 2.24) is 14.7 Å². The van der Waals surface area contributed by atoms with Gasteiger partial charge in [-0.2, -0.15) is 0 Å². The quantitative estimate of drug-likeness (QED) is 0.599. The molecule has 26 heavy (non-hydrogen) atoms. The smallest absolute Gasteiger partial charge is 0.317 e. The lowest BCUT2D eigenvalue weighted by Gasteiger charge is -2.30. The molecule has 0 radical (unpaired) electrons. The average Bonchev–Trinajstić information content (AvgIpc) is 2.53. The summed E-state index contributed by atoms with van der Waals surface area (Å²) < 4.78 is 5.59. The average molecular weight is 373 g/mol. The molecule has 150 valence electrons. The van der Waals surface area contributed by atoms with E-state index >= 15 is 0 Å². The van der Waals surface area contributed by atoms with Crippen molar-refractivity contribution >= 4 is 17.7 Å². The van der Waals surface area contributed by atoms with E-state index < -0.39 is 11.9 Å². The third-order valence-corrected chi connectivity index (χ3v) is 4.31. The van der Waals surface area contributed by atoms with Crippen LogP contribution in [0.3, 0.4) is 0 Å². The van der Waals surface area contributed by atoms with Gasteiger partial charge in [-0.15, -0.1) is 0 Å². The van der Waals surface area contributed by atoms with Gasteiger partial charge in [-0.25, -0.2) is 0 Å². The van der Waals surface area contributed by atoms with Gasteiger partial charge < -0.3 is 14.9 Å². The number of carbonyl (C=O) groups excluding carboxylic acids is 1. The van der Waals surface area contributed by atoms with E-state index in [0.717, 1.165) is 0 Å². The Bertz CT molecular complexity index is 471. The molecule has 9 nitrogen and oxygen atoms in total. The van der Waals surface area contributed by atoms with Gasteiger partial charge in [-0.05, 0) is 0 Å². The van der Waals surface area contributed by atoms with E-state index in [-0.39, 0.29) is 24.8 Å². The molecule has 0 unspecified atom stereocenters. The van der Waals surface area contributed by atoms with E-state index in [4.69, 9.17) is 14.9 Å². The lowest BCUT2D eigenvalue weighted by atomic mass is 10.1. The number of ketones is 1. The summed E-state index contributed by atoms with van der Waals surface area (Å²) >= 11 is 0. The lowest BCUT2D eigenvalue weighted by molar-refractivity contribution is -0.140. The molecule has 1 aliphatic rings. The van der Waals surface area contributed by atoms with Gasteiger partial charge in [0.15, 0.2) is 0 Å². The van der Waals surface area contributed by atoms with Crippen LogP contribution in [0.25, 0.3) is 0 Å². The van der Waals surface area contributed by atoms with Gasteiger partial charge >= 0.3 is 11.9 Å². The lowest BCUT2D eigenvalue weighted by Crippen LogP contribution is -2.46. The number of rotatable bonds is 7. The van der Waals surface area contributed by atoms with Gasteiger partial charge in [0.1, 0.15) is 5.78 Å². The minimum absolute atomic E-state index is 0.0444. The summed E-state index contributed by atoms with van der Waals surface area (Å²) in [5.41, 5.74) is 0. The fraction of sp³-hybridized carbons (Fsp3) is 0.824. The maximum Gasteiger partial charge on any atom is 0.317 e. The zero-order chi connectivity index (χ0) is 19.5. The molecule has 0 bridgehead atoms. The summed E-state index contributed by atoms with van der Waals surface area (Å²) in [7, 11) is 0. The molecule has 0 amide bonds. The molecule has 9 heteroatoms. The van der Waals surface area contributed by atoms with Crippen LogP contribution in [0.5, 0.6) is 0 Å². The van der Waals surface area contributed by atoms with Crippen LogP contribution in [0.2, 0.25) is 0 Å². The fourth-order valence-electron chi connectivity index (χ4n) is 2.65. The molecule has 0 aromatic rings. The predicted molar refractivity (Wildman–Crippen MR) is 95.3 cm³/mol. The number of ether oxygens (including phenoxy) is 1. The minimum atomic E-state index is -0.921. The monoisotopic (exact) mass is 373 g/mol. The third-order valence-electron chi connectivity index (χ3n) is 4.31. The first-order valence-electron chi connectivity index (χ1n) is 8.99. The molecule has 0 atom stereocenters. The SMILES string of the molecule is CC(C)C(=O)CN1CCOCCN(CC(=O)O)CCN(CC(=O)O)CC1. The normalized spacial score (nSPS) is 19.7. The Balaban J connectivity index is 2.71. The van der Waals surface area contributed by atoms with E-state index in [1.165, 1.54) is 0 Å². The van der Waals surface area contributed by atoms with Crippen LogP contribution in [0.1, 0.15) is 13.8 Å². The molecular formula is C17H31N3O6. The van der Waals surface area contributed by atoms with Crippen LogP contribution in [0.15, 0.2) is 0 Å². The van der Waals surface area contributed by atoms with Crippen molar-refractivity contribution < 1.29 is 29.3 Å². The zero-order valence-electron chi connectivity index (χ0n) is 15.7. The molecule has 1 saturated heterocycles. The van der Waals surface area contributed by atoms with Gasteiger partial charge in [-0.3, -0.25) is 29.1 Å². The third kappa shape index (κ3) is 9.81. The summed E-state index contributed by atoms with van der Waals surface area (Å²) in [6.45, 7) is 7.72. The van der Waals surface area contributed by atoms with Gasteiger partial charge in [0.05, 0.1) is 32.8 Å². The number of nitrogens with zero attached hydrogens (tertiary/aromatic N) is 3. The van der Waals surface area contributed by atoms with Gasteiger partial charge in [-0.1, -0.05) is 13.8 Å². The number of hydrogen-bond donors (Lipinski definition) is 2. The van der Waals surface area contributed by atoms with Gasteiger partial charge in [0.2, 0.25) is 0 Å². The zero-order valence-corrected chi connectivity index (χ0v) is 15.7. The van der Waals surface area contributed by atoms with Gasteiger partial charge in [0.25, 0.3) is 0 Å². The van der Waals surface area contributed by atoms with Crippen LogP contribution < -0.4 is 0 Å². The Morgan fingerprint density at radius 2 is 1.15 bits per heavy atom. The number of Topliss-reactive ketones (excluding diaryl/α,β-unsaturated/α-hetero) is 1. The number of carbonyl (C=O) groups is 3. The van der Waals surface area contributed by atoms with Crippen LogP contribution in [-0.4, -0.2) is 115 Å². The molecule has 0 aliphatic carbocycles. The second-order valence-electron chi connectivity index (χ2n) is 6.85. The van der Waals surface area contributed by atoms with Crippen molar-refractivity contribution in [3.63, 3.8) is 0 Å². The Kier molecular flexibility index (Phi) is 10.3. The first-order chi connectivity index (χ1) is 12.3. The van der Waals surface area contributed by atoms with Crippen LogP contribution >= 0.6 is 0 Å². The molecule has 1 fully saturated rings. The number of aliphatic carboxylic acids is 2. The Labute approximate surface area is 154 Å². The summed E-state index contributed by atoms with van der Waals surface area (Å²) in [5.74, 6) is -1.73. The maximum absolute atomic E-state index is 12.0. The van der Waals surface area contributed by atoms with E-state index in [2.05, 4.69) is 0 Å². The molecule has 1 aliphatic heterocycles. The summed E-state index contributed by atoms with van der Waals surface area (Å²) in [6.07, 6.45) is 0. The minimum Gasteiger partial charge on any atom is -0.480 e. The van der Waals surface area contributed by atoms with Crippen molar-refractivity contribution in [2.45, 2.75) is 13.8 Å². The summed E-state index contributed by atoms with van der Waals surface area (Å²) in [5, 5.41) is 18.1. The topological polar surface area (TPSA) is 111 Å². The van der Waals surface area contributed by atoms with Crippen molar-refractivity contribution in [3.8, 4) is 0 Å². The molecule has 2 N–H and O–H groups in total. The first-order valence-corrected chi connectivity index (χ1v) is 8.99. The van der Waals surface area contributed by atoms with Crippen molar-refractivity contribution in [2.24, 2.45) is 5.92 Å². The molecule has 0 aromatic heterocycles. The summed E-state index contributed by atoms with van der Waals surface area (Å²) in [6, 6.07) is 0. The second kappa shape index (κ2) is 11.9. The standard InChI is InChI=1S/C17H31N3O6/c1-14(2)15(21)11-19-5-3-18(12-16(22)23)4-6-20(13-17(24)25)8-10-26-9-7-19/h14H,3-13H2,1-2H3,(H,22,23)(H,24,25). The second-order valence-corrected chi connectivity index (χ2v) is 6.85. The molecular weight excluding hydrogens is 342 g/mol. The number of hydrogen-bond acceptors (Lipinski definition) is 7. The molecule has 1 rings (SSSR count). The molecule has 1 heterocycles. The van der Waals surface area contributed by atoms with Crippen molar-refractivity contribution in [1.29, 1.82) is 0 Å². The van der Waals surface area contributed by atoms with E-state index in [0.29, 0.717) is 59.0 Å². The van der Waals surface area contributed by atoms with E-state index in [1.807, 2.05) is 18.7 Å². The van der Waals surface area contributed by atoms with Crippen molar-refractivity contribution in [2.75, 3.05) is 72.1 Å². The highest BCUT2D eigenvalue weighted by molar-refractivity contribution is 5.82. The van der Waals surface area contributed by atoms with Crippen LogP contribution in [0, 0.1) is 5.92 Å². The highest BCUT2D eigenvalue weighted by Crippen LogP contribution is 2.02. The largest absolute Gasteiger partial charge is 0.480 e. The van der Waals surface area contributed by atoms with Crippen LogP contribution in [-0.2, 0) is 19.1 Å². The van der Waals surface area contributed by atoms with E-state index in [9.17, 15) is 14.4 Å². The molecule has 0 saturated carbocycles. The Morgan fingerprint density at radius 1 is 0.769 bits per heavy atom. The Morgan fingerprint density at radius 3 is 1.54 bits per heavy atom. The van der Waals surface area contributed by atoms with Crippen LogP contribution in [0.4, 0.5) is 0 Å². The Hall–Kier alpha value is -1.55.